The Balaban J connectivity index is 1.34. The Kier molecular flexibility index (Phi) is 7.21. The minimum Gasteiger partial charge on any atom is -0.388 e. The lowest BCUT2D eigenvalue weighted by molar-refractivity contribution is -0.0295. The number of aryl methyl sites for hydroxylation is 1. The minimum absolute atomic E-state index is 0.119. The standard InChI is InChI=1S/C27H32N6O3/c1-28-24-23(18-29-32(24)4)25(34)30(2)19-27(36)14-16-33(17-15-27)26(35)31(3)22-12-10-21(11-13-22)20-8-6-5-7-9-20/h5-13,18,36H,1,14-17,19H2,2-4H3. The van der Waals surface area contributed by atoms with Crippen LogP contribution in [0.4, 0.5) is 16.3 Å². The highest BCUT2D eigenvalue weighted by atomic mass is 16.3. The maximum absolute atomic E-state index is 13.1. The molecule has 3 amide bonds. The van der Waals surface area contributed by atoms with E-state index in [1.165, 1.54) is 15.8 Å². The molecule has 0 aliphatic carbocycles. The number of anilines is 1. The van der Waals surface area contributed by atoms with E-state index in [2.05, 4.69) is 28.9 Å². The van der Waals surface area contributed by atoms with Gasteiger partial charge in [-0.15, -0.1) is 0 Å². The summed E-state index contributed by atoms with van der Waals surface area (Å²) in [7, 11) is 5.09. The fourth-order valence-corrected chi connectivity index (χ4v) is 4.59. The molecule has 0 radical (unpaired) electrons. The van der Waals surface area contributed by atoms with Crippen LogP contribution in [0.5, 0.6) is 0 Å². The third kappa shape index (κ3) is 5.16. The maximum Gasteiger partial charge on any atom is 0.324 e. The van der Waals surface area contributed by atoms with Crippen LogP contribution < -0.4 is 4.90 Å². The van der Waals surface area contributed by atoms with Crippen molar-refractivity contribution in [3.05, 3.63) is 66.4 Å². The van der Waals surface area contributed by atoms with E-state index in [0.717, 1.165) is 16.8 Å². The number of piperidine rings is 1. The van der Waals surface area contributed by atoms with Crippen molar-refractivity contribution in [2.24, 2.45) is 12.0 Å². The predicted octanol–water partition coefficient (Wildman–Crippen LogP) is 3.57. The number of hydrogen-bond donors (Lipinski definition) is 1. The number of carbonyl (C=O) groups excluding carboxylic acids is 2. The summed E-state index contributed by atoms with van der Waals surface area (Å²) in [5.74, 6) is 0.107. The zero-order valence-corrected chi connectivity index (χ0v) is 21.0. The number of urea groups is 1. The lowest BCUT2D eigenvalue weighted by atomic mass is 9.91. The number of benzene rings is 2. The summed E-state index contributed by atoms with van der Waals surface area (Å²) >= 11 is 0. The summed E-state index contributed by atoms with van der Waals surface area (Å²) in [5.41, 5.74) is 2.27. The average Bonchev–Trinajstić information content (AvgIpc) is 3.28. The Morgan fingerprint density at radius 3 is 2.28 bits per heavy atom. The number of likely N-dealkylation sites (tertiary alicyclic amines) is 1. The van der Waals surface area contributed by atoms with Crippen LogP contribution in [0.15, 0.2) is 65.8 Å². The smallest absolute Gasteiger partial charge is 0.324 e. The van der Waals surface area contributed by atoms with E-state index in [0.29, 0.717) is 37.3 Å². The van der Waals surface area contributed by atoms with Gasteiger partial charge in [-0.2, -0.15) is 5.10 Å². The molecule has 0 atom stereocenters. The van der Waals surface area contributed by atoms with Crippen molar-refractivity contribution >= 4 is 30.2 Å². The number of rotatable bonds is 6. The number of aromatic nitrogens is 2. The van der Waals surface area contributed by atoms with Gasteiger partial charge >= 0.3 is 6.03 Å². The van der Waals surface area contributed by atoms with Crippen LogP contribution in [0.2, 0.25) is 0 Å². The van der Waals surface area contributed by atoms with Gasteiger partial charge in [-0.25, -0.2) is 9.79 Å². The van der Waals surface area contributed by atoms with Gasteiger partial charge in [-0.1, -0.05) is 42.5 Å². The second-order valence-corrected chi connectivity index (χ2v) is 9.29. The molecule has 4 rings (SSSR count). The molecule has 1 fully saturated rings. The summed E-state index contributed by atoms with van der Waals surface area (Å²) < 4.78 is 1.48. The molecule has 1 aliphatic heterocycles. The third-order valence-corrected chi connectivity index (χ3v) is 6.78. The molecule has 9 nitrogen and oxygen atoms in total. The summed E-state index contributed by atoms with van der Waals surface area (Å²) in [6.45, 7) is 4.45. The second kappa shape index (κ2) is 10.3. The number of carbonyl (C=O) groups is 2. The van der Waals surface area contributed by atoms with Crippen LogP contribution in [0.3, 0.4) is 0 Å². The zero-order valence-electron chi connectivity index (χ0n) is 21.0. The number of nitrogens with zero attached hydrogens (tertiary/aromatic N) is 6. The van der Waals surface area contributed by atoms with Crippen LogP contribution in [-0.4, -0.2) is 82.7 Å². The molecule has 0 bridgehead atoms. The molecule has 0 saturated carbocycles. The summed E-state index contributed by atoms with van der Waals surface area (Å²) in [4.78, 5) is 34.7. The van der Waals surface area contributed by atoms with Gasteiger partial charge in [0.2, 0.25) is 0 Å². The number of amides is 3. The number of hydrogen-bond acceptors (Lipinski definition) is 5. The molecule has 1 aliphatic rings. The summed E-state index contributed by atoms with van der Waals surface area (Å²) in [6, 6.07) is 17.8. The molecule has 2 aromatic carbocycles. The van der Waals surface area contributed by atoms with Crippen LogP contribution in [0.25, 0.3) is 11.1 Å². The lowest BCUT2D eigenvalue weighted by Crippen LogP contribution is -2.54. The summed E-state index contributed by atoms with van der Waals surface area (Å²) in [5, 5.41) is 15.2. The fraction of sp³-hybridized carbons (Fsp3) is 0.333. The van der Waals surface area contributed by atoms with E-state index in [-0.39, 0.29) is 18.5 Å². The van der Waals surface area contributed by atoms with Gasteiger partial charge in [0.25, 0.3) is 5.91 Å². The molecule has 0 unspecified atom stereocenters. The first-order valence-electron chi connectivity index (χ1n) is 11.9. The highest BCUT2D eigenvalue weighted by Gasteiger charge is 2.37. The van der Waals surface area contributed by atoms with E-state index < -0.39 is 5.60 Å². The van der Waals surface area contributed by atoms with Gasteiger partial charge in [-0.05, 0) is 42.8 Å². The molecular formula is C27H32N6O3. The molecule has 1 N–H and O–H groups in total. The SMILES string of the molecule is C=Nc1c(C(=O)N(C)CC2(O)CCN(C(=O)N(C)c3ccc(-c4ccccc4)cc3)CC2)cnn1C. The molecule has 1 aromatic heterocycles. The van der Waals surface area contributed by atoms with E-state index in [4.69, 9.17) is 0 Å². The predicted molar refractivity (Wildman–Crippen MR) is 141 cm³/mol. The van der Waals surface area contributed by atoms with E-state index in [1.54, 1.807) is 30.9 Å². The lowest BCUT2D eigenvalue weighted by Gasteiger charge is -2.41. The number of aliphatic hydroxyl groups is 1. The minimum atomic E-state index is -1.08. The van der Waals surface area contributed by atoms with Crippen molar-refractivity contribution in [2.45, 2.75) is 18.4 Å². The molecule has 9 heteroatoms. The van der Waals surface area contributed by atoms with Crippen LogP contribution >= 0.6 is 0 Å². The maximum atomic E-state index is 13.1. The van der Waals surface area contributed by atoms with Gasteiger partial charge < -0.3 is 14.9 Å². The van der Waals surface area contributed by atoms with Gasteiger partial charge in [-0.3, -0.25) is 14.4 Å². The number of aliphatic imine (C=N–C) groups is 1. The second-order valence-electron chi connectivity index (χ2n) is 9.29. The Hall–Kier alpha value is -3.98. The highest BCUT2D eigenvalue weighted by molar-refractivity contribution is 5.98. The van der Waals surface area contributed by atoms with Crippen molar-refractivity contribution in [2.75, 3.05) is 38.6 Å². The first-order chi connectivity index (χ1) is 17.2. The quantitative estimate of drug-likeness (QED) is 0.537. The molecule has 3 aromatic rings. The Morgan fingerprint density at radius 2 is 1.67 bits per heavy atom. The van der Waals surface area contributed by atoms with Gasteiger partial charge in [0.15, 0.2) is 5.82 Å². The molecule has 0 spiro atoms. The zero-order chi connectivity index (χ0) is 25.9. The molecule has 1 saturated heterocycles. The van der Waals surface area contributed by atoms with Gasteiger partial charge in [0.05, 0.1) is 11.8 Å². The van der Waals surface area contributed by atoms with Crippen molar-refractivity contribution < 1.29 is 14.7 Å². The van der Waals surface area contributed by atoms with Crippen LogP contribution in [0, 0.1) is 0 Å². The highest BCUT2D eigenvalue weighted by Crippen LogP contribution is 2.27. The fourth-order valence-electron chi connectivity index (χ4n) is 4.59. The van der Waals surface area contributed by atoms with Crippen LogP contribution in [0.1, 0.15) is 23.2 Å². The summed E-state index contributed by atoms with van der Waals surface area (Å²) in [6.07, 6.45) is 2.20. The van der Waals surface area contributed by atoms with Crippen molar-refractivity contribution in [3.63, 3.8) is 0 Å². The van der Waals surface area contributed by atoms with Gasteiger partial charge in [0, 0.05) is 46.5 Å². The molecular weight excluding hydrogens is 456 g/mol. The van der Waals surface area contributed by atoms with Crippen molar-refractivity contribution in [1.29, 1.82) is 0 Å². The van der Waals surface area contributed by atoms with E-state index >= 15 is 0 Å². The van der Waals surface area contributed by atoms with Gasteiger partial charge in [0.1, 0.15) is 5.56 Å². The topological polar surface area (TPSA) is 94.3 Å². The normalized spacial score (nSPS) is 14.8. The molecule has 188 valence electrons. The van der Waals surface area contributed by atoms with Crippen LogP contribution in [-0.2, 0) is 7.05 Å². The molecule has 2 heterocycles. The average molecular weight is 489 g/mol. The first-order valence-corrected chi connectivity index (χ1v) is 11.9. The Morgan fingerprint density at radius 1 is 1.06 bits per heavy atom. The Labute approximate surface area is 211 Å². The van der Waals surface area contributed by atoms with E-state index in [9.17, 15) is 14.7 Å². The van der Waals surface area contributed by atoms with Crippen molar-refractivity contribution in [1.82, 2.24) is 19.6 Å². The monoisotopic (exact) mass is 488 g/mol. The third-order valence-electron chi connectivity index (χ3n) is 6.78. The first kappa shape index (κ1) is 25.1. The molecule has 36 heavy (non-hydrogen) atoms. The Bertz CT molecular complexity index is 1230. The van der Waals surface area contributed by atoms with E-state index in [1.807, 2.05) is 42.5 Å². The number of likely N-dealkylation sites (N-methyl/N-ethyl adjacent to an activating group) is 1. The largest absolute Gasteiger partial charge is 0.388 e. The van der Waals surface area contributed by atoms with Crippen molar-refractivity contribution in [3.8, 4) is 11.1 Å².